The normalized spacial score (nSPS) is 11.3. The maximum Gasteiger partial charge on any atom is 0.177 e. The van der Waals surface area contributed by atoms with E-state index < -0.39 is 5.60 Å². The van der Waals surface area contributed by atoms with Crippen LogP contribution in [0.3, 0.4) is 0 Å². The van der Waals surface area contributed by atoms with Gasteiger partial charge < -0.3 is 9.84 Å². The third-order valence-electron chi connectivity index (χ3n) is 3.64. The number of rotatable bonds is 6. The van der Waals surface area contributed by atoms with Crippen molar-refractivity contribution < 1.29 is 9.84 Å². The zero-order valence-electron chi connectivity index (χ0n) is 12.7. The minimum absolute atomic E-state index is 0.0751. The highest BCUT2D eigenvalue weighted by Crippen LogP contribution is 2.38. The molecule has 116 valence electrons. The molecule has 0 radical (unpaired) electrons. The largest absolute Gasteiger partial charge is 0.394 e. The lowest BCUT2D eigenvalue weighted by atomic mass is 9.86. The van der Waals surface area contributed by atoms with Gasteiger partial charge in [-0.2, -0.15) is 0 Å². The summed E-state index contributed by atoms with van der Waals surface area (Å²) in [6, 6.07) is 21.2. The van der Waals surface area contributed by atoms with Crippen molar-refractivity contribution in [2.45, 2.75) is 5.60 Å². The van der Waals surface area contributed by atoms with Crippen LogP contribution < -0.4 is 0 Å². The van der Waals surface area contributed by atoms with Gasteiger partial charge in [0.1, 0.15) is 0 Å². The maximum absolute atomic E-state index is 9.30. The van der Waals surface area contributed by atoms with Crippen LogP contribution in [0, 0.1) is 0 Å². The molecular weight excluding hydrogens is 288 g/mol. The number of aliphatic hydroxyl groups is 1. The molecule has 0 saturated heterocycles. The van der Waals surface area contributed by atoms with E-state index in [-0.39, 0.29) is 13.2 Å². The highest BCUT2D eigenvalue weighted by molar-refractivity contribution is 5.42. The van der Waals surface area contributed by atoms with Gasteiger partial charge in [0.05, 0.1) is 24.6 Å². The number of nitrogens with zero attached hydrogens (tertiary/aromatic N) is 2. The van der Waals surface area contributed by atoms with E-state index in [1.54, 1.807) is 12.4 Å². The minimum atomic E-state index is -0.952. The van der Waals surface area contributed by atoms with Crippen molar-refractivity contribution in [2.75, 3.05) is 13.2 Å². The summed E-state index contributed by atoms with van der Waals surface area (Å²) in [5.74, 6) is 0. The second-order valence-corrected chi connectivity index (χ2v) is 5.05. The van der Waals surface area contributed by atoms with E-state index in [1.165, 1.54) is 0 Å². The van der Waals surface area contributed by atoms with Crippen molar-refractivity contribution in [3.05, 3.63) is 96.1 Å². The molecule has 0 aliphatic heterocycles. The maximum atomic E-state index is 9.30. The number of aromatic nitrogens is 2. The van der Waals surface area contributed by atoms with Gasteiger partial charge in [0.15, 0.2) is 5.60 Å². The molecule has 4 heteroatoms. The Bertz CT molecular complexity index is 621. The average molecular weight is 306 g/mol. The standard InChI is InChI=1S/C19H18N2O2/c22-14-15-23-19(16-8-2-1-3-9-16,17-10-4-6-12-20-17)18-11-5-7-13-21-18/h1-13,22H,14-15H2. The van der Waals surface area contributed by atoms with Crippen molar-refractivity contribution in [2.24, 2.45) is 0 Å². The van der Waals surface area contributed by atoms with Crippen LogP contribution in [0.5, 0.6) is 0 Å². The molecule has 0 atom stereocenters. The Morgan fingerprint density at radius 1 is 0.783 bits per heavy atom. The van der Waals surface area contributed by atoms with Crippen molar-refractivity contribution in [1.82, 2.24) is 9.97 Å². The van der Waals surface area contributed by atoms with Crippen LogP contribution in [0.2, 0.25) is 0 Å². The Balaban J connectivity index is 2.25. The molecule has 1 aromatic carbocycles. The fourth-order valence-electron chi connectivity index (χ4n) is 2.67. The molecule has 3 aromatic rings. The Kier molecular flexibility index (Phi) is 4.76. The lowest BCUT2D eigenvalue weighted by molar-refractivity contribution is -0.0117. The molecule has 2 aromatic heterocycles. The Morgan fingerprint density at radius 2 is 1.35 bits per heavy atom. The molecule has 0 spiro atoms. The predicted molar refractivity (Wildman–Crippen MR) is 87.8 cm³/mol. The predicted octanol–water partition coefficient (Wildman–Crippen LogP) is 2.78. The van der Waals surface area contributed by atoms with Gasteiger partial charge in [0.25, 0.3) is 0 Å². The zero-order chi connectivity index (χ0) is 16.0. The van der Waals surface area contributed by atoms with Crippen molar-refractivity contribution in [3.8, 4) is 0 Å². The van der Waals surface area contributed by atoms with E-state index in [0.717, 1.165) is 17.0 Å². The average Bonchev–Trinajstić information content (AvgIpc) is 2.65. The summed E-state index contributed by atoms with van der Waals surface area (Å²) in [6.07, 6.45) is 3.47. The summed E-state index contributed by atoms with van der Waals surface area (Å²) in [5.41, 5.74) is 1.44. The first-order valence-electron chi connectivity index (χ1n) is 7.51. The second-order valence-electron chi connectivity index (χ2n) is 5.05. The quantitative estimate of drug-likeness (QED) is 0.761. The van der Waals surface area contributed by atoms with Gasteiger partial charge in [0.2, 0.25) is 0 Å². The van der Waals surface area contributed by atoms with Crippen LogP contribution in [-0.2, 0) is 10.3 Å². The van der Waals surface area contributed by atoms with Gasteiger partial charge in [-0.05, 0) is 29.8 Å². The van der Waals surface area contributed by atoms with E-state index in [9.17, 15) is 5.11 Å². The van der Waals surface area contributed by atoms with Crippen molar-refractivity contribution in [3.63, 3.8) is 0 Å². The second kappa shape index (κ2) is 7.13. The van der Waals surface area contributed by atoms with Crippen LogP contribution >= 0.6 is 0 Å². The molecule has 3 rings (SSSR count). The van der Waals surface area contributed by atoms with E-state index >= 15 is 0 Å². The summed E-state index contributed by atoms with van der Waals surface area (Å²) in [7, 11) is 0. The highest BCUT2D eigenvalue weighted by atomic mass is 16.5. The Labute approximate surface area is 135 Å². The molecule has 0 fully saturated rings. The minimum Gasteiger partial charge on any atom is -0.394 e. The summed E-state index contributed by atoms with van der Waals surface area (Å²) < 4.78 is 6.16. The Hall–Kier alpha value is -2.56. The van der Waals surface area contributed by atoms with Crippen LogP contribution in [-0.4, -0.2) is 28.3 Å². The lowest BCUT2D eigenvalue weighted by Gasteiger charge is -2.33. The topological polar surface area (TPSA) is 55.2 Å². The van der Waals surface area contributed by atoms with Crippen molar-refractivity contribution >= 4 is 0 Å². The van der Waals surface area contributed by atoms with Gasteiger partial charge in [0, 0.05) is 12.4 Å². The first-order valence-corrected chi connectivity index (χ1v) is 7.51. The summed E-state index contributed by atoms with van der Waals surface area (Å²) in [6.45, 7) is 0.107. The van der Waals surface area contributed by atoms with E-state index in [0.29, 0.717) is 0 Å². The van der Waals surface area contributed by atoms with Gasteiger partial charge in [-0.3, -0.25) is 9.97 Å². The van der Waals surface area contributed by atoms with Crippen LogP contribution in [0.4, 0.5) is 0 Å². The van der Waals surface area contributed by atoms with Crippen LogP contribution in [0.15, 0.2) is 79.1 Å². The number of aliphatic hydroxyl groups excluding tert-OH is 1. The summed E-state index contributed by atoms with van der Waals surface area (Å²) in [5, 5.41) is 9.30. The third kappa shape index (κ3) is 2.99. The zero-order valence-corrected chi connectivity index (χ0v) is 12.7. The first-order chi connectivity index (χ1) is 11.4. The molecule has 1 N–H and O–H groups in total. The number of ether oxygens (including phenoxy) is 1. The van der Waals surface area contributed by atoms with E-state index in [4.69, 9.17) is 4.74 Å². The smallest absolute Gasteiger partial charge is 0.177 e. The number of hydrogen-bond acceptors (Lipinski definition) is 4. The molecule has 2 heterocycles. The number of benzene rings is 1. The molecule has 0 unspecified atom stereocenters. The lowest BCUT2D eigenvalue weighted by Crippen LogP contribution is -2.35. The van der Waals surface area contributed by atoms with Gasteiger partial charge in [-0.1, -0.05) is 42.5 Å². The molecule has 0 aliphatic carbocycles. The molecule has 0 amide bonds. The van der Waals surface area contributed by atoms with E-state index in [1.807, 2.05) is 66.7 Å². The fraction of sp³-hybridized carbons (Fsp3) is 0.158. The first kappa shape index (κ1) is 15.3. The third-order valence-corrected chi connectivity index (χ3v) is 3.64. The van der Waals surface area contributed by atoms with E-state index in [2.05, 4.69) is 9.97 Å². The molecule has 0 aliphatic rings. The molecule has 4 nitrogen and oxygen atoms in total. The molecular formula is C19H18N2O2. The van der Waals surface area contributed by atoms with Crippen LogP contribution in [0.1, 0.15) is 17.0 Å². The van der Waals surface area contributed by atoms with Gasteiger partial charge >= 0.3 is 0 Å². The number of hydrogen-bond donors (Lipinski definition) is 1. The SMILES string of the molecule is OCCOC(c1ccccc1)(c1ccccn1)c1ccccn1. The Morgan fingerprint density at radius 3 is 1.83 bits per heavy atom. The monoisotopic (exact) mass is 306 g/mol. The molecule has 0 bridgehead atoms. The summed E-state index contributed by atoms with van der Waals surface area (Å²) >= 11 is 0. The number of pyridine rings is 2. The van der Waals surface area contributed by atoms with Gasteiger partial charge in [-0.25, -0.2) is 0 Å². The molecule has 23 heavy (non-hydrogen) atoms. The highest BCUT2D eigenvalue weighted by Gasteiger charge is 2.40. The van der Waals surface area contributed by atoms with Gasteiger partial charge in [-0.15, -0.1) is 0 Å². The molecule has 0 saturated carbocycles. The van der Waals surface area contributed by atoms with Crippen LogP contribution in [0.25, 0.3) is 0 Å². The summed E-state index contributed by atoms with van der Waals surface area (Å²) in [4.78, 5) is 9.02. The van der Waals surface area contributed by atoms with Crippen molar-refractivity contribution in [1.29, 1.82) is 0 Å². The fourth-order valence-corrected chi connectivity index (χ4v) is 2.67.